The second kappa shape index (κ2) is 4.82. The van der Waals surface area contributed by atoms with Crippen LogP contribution >= 0.6 is 0 Å². The molecule has 72 valence electrons. The molecule has 0 radical (unpaired) electrons. The highest BCUT2D eigenvalue weighted by Gasteiger charge is 2.18. The molecular weight excluding hydrogens is 166 g/mol. The number of ketones is 1. The van der Waals surface area contributed by atoms with Gasteiger partial charge in [-0.3, -0.25) is 4.79 Å². The van der Waals surface area contributed by atoms with E-state index in [0.717, 1.165) is 12.8 Å². The van der Waals surface area contributed by atoms with Crippen LogP contribution in [0.2, 0.25) is 0 Å². The van der Waals surface area contributed by atoms with Gasteiger partial charge in [-0.05, 0) is 12.5 Å². The Morgan fingerprint density at radius 2 is 2.46 bits per heavy atom. The highest BCUT2D eigenvalue weighted by atomic mass is 16.3. The van der Waals surface area contributed by atoms with E-state index < -0.39 is 0 Å². The van der Waals surface area contributed by atoms with Crippen molar-refractivity contribution in [3.8, 4) is 0 Å². The van der Waals surface area contributed by atoms with Crippen molar-refractivity contribution in [2.24, 2.45) is 11.7 Å². The monoisotopic (exact) mass is 181 g/mol. The molecule has 0 aromatic carbocycles. The maximum Gasteiger partial charge on any atom is 0.170 e. The number of nitrogens with two attached hydrogens (primary N) is 1. The molecule has 0 spiro atoms. The third-order valence-electron chi connectivity index (χ3n) is 2.10. The summed E-state index contributed by atoms with van der Waals surface area (Å²) in [7, 11) is 0. The molecule has 3 nitrogen and oxygen atoms in total. The molecule has 3 heteroatoms. The van der Waals surface area contributed by atoms with Gasteiger partial charge in [0.15, 0.2) is 5.78 Å². The lowest BCUT2D eigenvalue weighted by Gasteiger charge is -2.10. The van der Waals surface area contributed by atoms with E-state index >= 15 is 0 Å². The standard InChI is InChI=1S/C10H15NO2/c1-2-3-8(6-11)10(12)9-4-5-13-7-9/h4-5,7-8H,2-3,6,11H2,1H3. The fourth-order valence-corrected chi connectivity index (χ4v) is 1.34. The fraction of sp³-hybridized carbons (Fsp3) is 0.500. The van der Waals surface area contributed by atoms with Gasteiger partial charge in [0, 0.05) is 12.5 Å². The van der Waals surface area contributed by atoms with Crippen LogP contribution in [0, 0.1) is 5.92 Å². The van der Waals surface area contributed by atoms with E-state index in [1.165, 1.54) is 12.5 Å². The predicted molar refractivity (Wildman–Crippen MR) is 50.5 cm³/mol. The van der Waals surface area contributed by atoms with Crippen LogP contribution in [0.15, 0.2) is 23.0 Å². The molecule has 1 unspecified atom stereocenters. The quantitative estimate of drug-likeness (QED) is 0.705. The largest absolute Gasteiger partial charge is 0.472 e. The molecule has 13 heavy (non-hydrogen) atoms. The molecule has 1 heterocycles. The fourth-order valence-electron chi connectivity index (χ4n) is 1.34. The van der Waals surface area contributed by atoms with Crippen molar-refractivity contribution in [1.82, 2.24) is 0 Å². The summed E-state index contributed by atoms with van der Waals surface area (Å²) in [6, 6.07) is 1.68. The van der Waals surface area contributed by atoms with E-state index in [9.17, 15) is 4.79 Å². The first-order valence-electron chi connectivity index (χ1n) is 4.56. The Bertz CT molecular complexity index is 254. The smallest absolute Gasteiger partial charge is 0.170 e. The molecule has 1 aromatic heterocycles. The summed E-state index contributed by atoms with van der Waals surface area (Å²) >= 11 is 0. The van der Waals surface area contributed by atoms with Gasteiger partial charge >= 0.3 is 0 Å². The van der Waals surface area contributed by atoms with Gasteiger partial charge in [-0.25, -0.2) is 0 Å². The van der Waals surface area contributed by atoms with Crippen molar-refractivity contribution in [2.75, 3.05) is 6.54 Å². The topological polar surface area (TPSA) is 56.2 Å². The summed E-state index contributed by atoms with van der Waals surface area (Å²) in [5, 5.41) is 0. The average Bonchev–Trinajstić information content (AvgIpc) is 2.65. The van der Waals surface area contributed by atoms with Gasteiger partial charge in [-0.2, -0.15) is 0 Å². The molecule has 1 aromatic rings. The van der Waals surface area contributed by atoms with Crippen LogP contribution in [0.25, 0.3) is 0 Å². The highest BCUT2D eigenvalue weighted by Crippen LogP contribution is 2.13. The van der Waals surface area contributed by atoms with Crippen molar-refractivity contribution >= 4 is 5.78 Å². The highest BCUT2D eigenvalue weighted by molar-refractivity contribution is 5.97. The Balaban J connectivity index is 2.65. The SMILES string of the molecule is CCCC(CN)C(=O)c1ccoc1. The summed E-state index contributed by atoms with van der Waals surface area (Å²) in [5.74, 6) is 0.0423. The molecule has 0 aliphatic carbocycles. The Kier molecular flexibility index (Phi) is 3.71. The molecule has 0 amide bonds. The number of carbonyl (C=O) groups excluding carboxylic acids is 1. The number of hydrogen-bond acceptors (Lipinski definition) is 3. The molecule has 0 fully saturated rings. The van der Waals surface area contributed by atoms with Gasteiger partial charge in [0.1, 0.15) is 6.26 Å². The van der Waals surface area contributed by atoms with Crippen molar-refractivity contribution in [2.45, 2.75) is 19.8 Å². The van der Waals surface area contributed by atoms with E-state index in [2.05, 4.69) is 0 Å². The van der Waals surface area contributed by atoms with Crippen molar-refractivity contribution < 1.29 is 9.21 Å². The van der Waals surface area contributed by atoms with E-state index in [1.807, 2.05) is 6.92 Å². The van der Waals surface area contributed by atoms with Crippen molar-refractivity contribution in [3.63, 3.8) is 0 Å². The van der Waals surface area contributed by atoms with Crippen molar-refractivity contribution in [3.05, 3.63) is 24.2 Å². The van der Waals surface area contributed by atoms with Crippen LogP contribution < -0.4 is 5.73 Å². The Morgan fingerprint density at radius 1 is 1.69 bits per heavy atom. The minimum atomic E-state index is -0.0531. The first kappa shape index (κ1) is 9.99. The zero-order valence-corrected chi connectivity index (χ0v) is 7.82. The van der Waals surface area contributed by atoms with Gasteiger partial charge < -0.3 is 10.2 Å². The maximum atomic E-state index is 11.7. The first-order valence-corrected chi connectivity index (χ1v) is 4.56. The summed E-state index contributed by atoms with van der Waals surface area (Å²) < 4.78 is 4.85. The van der Waals surface area contributed by atoms with Gasteiger partial charge in [0.25, 0.3) is 0 Å². The van der Waals surface area contributed by atoms with E-state index in [-0.39, 0.29) is 11.7 Å². The Hall–Kier alpha value is -1.09. The number of Topliss-reactive ketones (excluding diaryl/α,β-unsaturated/α-hetero) is 1. The predicted octanol–water partition coefficient (Wildman–Crippen LogP) is 1.84. The maximum absolute atomic E-state index is 11.7. The van der Waals surface area contributed by atoms with Crippen molar-refractivity contribution in [1.29, 1.82) is 0 Å². The summed E-state index contributed by atoms with van der Waals surface area (Å²) in [4.78, 5) is 11.7. The minimum absolute atomic E-state index is 0.0531. The van der Waals surface area contributed by atoms with Crippen LogP contribution in [-0.2, 0) is 0 Å². The number of hydrogen-bond donors (Lipinski definition) is 1. The summed E-state index contributed by atoms with van der Waals surface area (Å²) in [5.41, 5.74) is 6.14. The lowest BCUT2D eigenvalue weighted by molar-refractivity contribution is 0.0917. The molecular formula is C10H15NO2. The minimum Gasteiger partial charge on any atom is -0.472 e. The Labute approximate surface area is 77.9 Å². The van der Waals surface area contributed by atoms with Gasteiger partial charge in [-0.1, -0.05) is 13.3 Å². The number of carbonyl (C=O) groups is 1. The molecule has 0 aliphatic heterocycles. The zero-order chi connectivity index (χ0) is 9.68. The number of furan rings is 1. The summed E-state index contributed by atoms with van der Waals surface area (Å²) in [6.07, 6.45) is 4.80. The molecule has 0 bridgehead atoms. The molecule has 1 atom stereocenters. The molecule has 0 saturated heterocycles. The third kappa shape index (κ3) is 2.42. The van der Waals surface area contributed by atoms with Crippen LogP contribution in [0.4, 0.5) is 0 Å². The second-order valence-electron chi connectivity index (χ2n) is 3.10. The molecule has 1 rings (SSSR count). The Morgan fingerprint density at radius 3 is 2.92 bits per heavy atom. The van der Waals surface area contributed by atoms with E-state index in [4.69, 9.17) is 10.2 Å². The third-order valence-corrected chi connectivity index (χ3v) is 2.10. The van der Waals surface area contributed by atoms with E-state index in [0.29, 0.717) is 12.1 Å². The van der Waals surface area contributed by atoms with Crippen LogP contribution in [0.5, 0.6) is 0 Å². The van der Waals surface area contributed by atoms with Crippen LogP contribution in [0.3, 0.4) is 0 Å². The van der Waals surface area contributed by atoms with Crippen LogP contribution in [0.1, 0.15) is 30.1 Å². The number of rotatable bonds is 5. The molecule has 0 saturated carbocycles. The van der Waals surface area contributed by atoms with Gasteiger partial charge in [0.2, 0.25) is 0 Å². The zero-order valence-electron chi connectivity index (χ0n) is 7.82. The molecule has 0 aliphatic rings. The normalized spacial score (nSPS) is 12.8. The lowest BCUT2D eigenvalue weighted by Crippen LogP contribution is -2.23. The summed E-state index contributed by atoms with van der Waals surface area (Å²) in [6.45, 7) is 2.46. The van der Waals surface area contributed by atoms with E-state index in [1.54, 1.807) is 6.07 Å². The average molecular weight is 181 g/mol. The van der Waals surface area contributed by atoms with Gasteiger partial charge in [-0.15, -0.1) is 0 Å². The molecule has 2 N–H and O–H groups in total. The first-order chi connectivity index (χ1) is 6.29. The second-order valence-corrected chi connectivity index (χ2v) is 3.10. The van der Waals surface area contributed by atoms with Gasteiger partial charge in [0.05, 0.1) is 11.8 Å². The lowest BCUT2D eigenvalue weighted by atomic mass is 9.95. The van der Waals surface area contributed by atoms with Crippen LogP contribution in [-0.4, -0.2) is 12.3 Å².